The highest BCUT2D eigenvalue weighted by Gasteiger charge is 2.42. The van der Waals surface area contributed by atoms with Crippen LogP contribution in [0.5, 0.6) is 17.2 Å². The van der Waals surface area contributed by atoms with E-state index in [1.54, 1.807) is 28.6 Å². The molecule has 5 rings (SSSR count). The Morgan fingerprint density at radius 2 is 1.95 bits per heavy atom. The van der Waals surface area contributed by atoms with Gasteiger partial charge < -0.3 is 25.3 Å². The number of hydrogen-bond donors (Lipinski definition) is 2. The van der Waals surface area contributed by atoms with Crippen molar-refractivity contribution in [2.45, 2.75) is 29.5 Å². The van der Waals surface area contributed by atoms with Gasteiger partial charge in [-0.3, -0.25) is 14.5 Å². The molecule has 1 aromatic carbocycles. The van der Waals surface area contributed by atoms with Crippen LogP contribution >= 0.6 is 34.4 Å². The van der Waals surface area contributed by atoms with Gasteiger partial charge in [0, 0.05) is 40.9 Å². The highest BCUT2D eigenvalue weighted by atomic mass is 32.2. The molecule has 15 heteroatoms. The number of hydrogen-bond acceptors (Lipinski definition) is 14. The van der Waals surface area contributed by atoms with E-state index in [0.717, 1.165) is 0 Å². The zero-order chi connectivity index (χ0) is 29.1. The molecular formula is C26H25N7O5S3. The van der Waals surface area contributed by atoms with Gasteiger partial charge in [-0.15, -0.1) is 21.5 Å². The Morgan fingerprint density at radius 3 is 2.63 bits per heavy atom. The van der Waals surface area contributed by atoms with Gasteiger partial charge in [0.2, 0.25) is 11.0 Å². The smallest absolute Gasteiger partial charge is 0.236 e. The number of aromatic nitrogens is 3. The summed E-state index contributed by atoms with van der Waals surface area (Å²) in [5, 5.41) is 24.3. The lowest BCUT2D eigenvalue weighted by Gasteiger charge is -2.38. The molecule has 0 radical (unpaired) electrons. The summed E-state index contributed by atoms with van der Waals surface area (Å²) in [6, 6.07) is 5.61. The highest BCUT2D eigenvalue weighted by molar-refractivity contribution is 8.01. The molecule has 1 aliphatic heterocycles. The first-order chi connectivity index (χ1) is 19.9. The summed E-state index contributed by atoms with van der Waals surface area (Å²) in [6.07, 6.45) is 3.12. The molecule has 2 aliphatic rings. The van der Waals surface area contributed by atoms with Crippen LogP contribution in [0.3, 0.4) is 0 Å². The fourth-order valence-corrected chi connectivity index (χ4v) is 7.04. The minimum Gasteiger partial charge on any atom is -0.496 e. The summed E-state index contributed by atoms with van der Waals surface area (Å²) in [6.45, 7) is 0. The van der Waals surface area contributed by atoms with Gasteiger partial charge in [-0.1, -0.05) is 23.1 Å². The molecule has 1 amide bonds. The molecule has 1 aliphatic carbocycles. The number of allylic oxidation sites excluding steroid dienone is 3. The second-order valence-corrected chi connectivity index (χ2v) is 11.9. The number of carbonyl (C=O) groups is 2. The quantitative estimate of drug-likeness (QED) is 0.334. The molecule has 12 nitrogen and oxygen atoms in total. The minimum absolute atomic E-state index is 0.0868. The van der Waals surface area contributed by atoms with Crippen LogP contribution in [0.15, 0.2) is 50.7 Å². The lowest BCUT2D eigenvalue weighted by molar-refractivity contribution is -0.116. The number of ether oxygens (including phenoxy) is 3. The van der Waals surface area contributed by atoms with Gasteiger partial charge in [-0.2, -0.15) is 5.26 Å². The standard InChI is InChI=1S/C26H25N7O5S3/c1-36-17-10-19(38-3)18(37-2)9-13(17)21-14(11-27)23(28)33(15-5-4-6-16(34)22(15)21)25-31-32-26(41-25)40-12-20(35)30-24-29-7-8-39-24/h7-10,21H,4-6,12,28H2,1-3H3,(H,29,30,35). The average Bonchev–Trinajstić information content (AvgIpc) is 3.67. The fraction of sp³-hybridized carbons (Fsp3) is 0.308. The predicted molar refractivity (Wildman–Crippen MR) is 155 cm³/mol. The zero-order valence-electron chi connectivity index (χ0n) is 22.3. The van der Waals surface area contributed by atoms with Gasteiger partial charge in [0.05, 0.1) is 44.6 Å². The number of methoxy groups -OCH3 is 3. The molecule has 212 valence electrons. The molecule has 1 unspecified atom stereocenters. The second kappa shape index (κ2) is 12.2. The molecule has 2 aromatic heterocycles. The van der Waals surface area contributed by atoms with Crippen molar-refractivity contribution >= 4 is 56.4 Å². The third kappa shape index (κ3) is 5.45. The van der Waals surface area contributed by atoms with Crippen LogP contribution in [0.2, 0.25) is 0 Å². The first kappa shape index (κ1) is 28.4. The lowest BCUT2D eigenvalue weighted by atomic mass is 9.75. The largest absolute Gasteiger partial charge is 0.496 e. The number of anilines is 2. The van der Waals surface area contributed by atoms with E-state index >= 15 is 0 Å². The summed E-state index contributed by atoms with van der Waals surface area (Å²) >= 11 is 3.77. The van der Waals surface area contributed by atoms with E-state index in [-0.39, 0.29) is 28.8 Å². The van der Waals surface area contributed by atoms with Crippen LogP contribution in [0.4, 0.5) is 10.3 Å². The maximum Gasteiger partial charge on any atom is 0.236 e. The van der Waals surface area contributed by atoms with Crippen molar-refractivity contribution in [3.63, 3.8) is 0 Å². The summed E-state index contributed by atoms with van der Waals surface area (Å²) < 4.78 is 17.1. The number of nitrogens with zero attached hydrogens (tertiary/aromatic N) is 5. The van der Waals surface area contributed by atoms with E-state index in [2.05, 4.69) is 26.6 Å². The van der Waals surface area contributed by atoms with Gasteiger partial charge in [0.25, 0.3) is 0 Å². The molecular weight excluding hydrogens is 587 g/mol. The molecule has 0 saturated carbocycles. The number of carbonyl (C=O) groups excluding carboxylic acids is 2. The monoisotopic (exact) mass is 611 g/mol. The number of nitrogens with one attached hydrogen (secondary N) is 1. The Hall–Kier alpha value is -4.13. The molecule has 0 fully saturated rings. The van der Waals surface area contributed by atoms with Gasteiger partial charge in [-0.25, -0.2) is 4.98 Å². The number of amides is 1. The van der Waals surface area contributed by atoms with Crippen LogP contribution in [-0.4, -0.2) is 54.0 Å². The van der Waals surface area contributed by atoms with E-state index in [4.69, 9.17) is 19.9 Å². The molecule has 3 heterocycles. The zero-order valence-corrected chi connectivity index (χ0v) is 24.7. The third-order valence-corrected chi connectivity index (χ3v) is 9.28. The van der Waals surface area contributed by atoms with E-state index in [9.17, 15) is 14.9 Å². The van der Waals surface area contributed by atoms with Crippen molar-refractivity contribution in [2.75, 3.05) is 37.3 Å². The highest BCUT2D eigenvalue weighted by Crippen LogP contribution is 2.50. The molecule has 41 heavy (non-hydrogen) atoms. The number of Topliss-reactive ketones (excluding diaryl/α,β-unsaturated/α-hetero) is 1. The third-order valence-electron chi connectivity index (χ3n) is 6.55. The number of thiazole rings is 1. The van der Waals surface area contributed by atoms with Crippen molar-refractivity contribution in [2.24, 2.45) is 5.73 Å². The molecule has 3 N–H and O–H groups in total. The van der Waals surface area contributed by atoms with Crippen LogP contribution in [0.1, 0.15) is 30.7 Å². The van der Waals surface area contributed by atoms with Gasteiger partial charge in [-0.05, 0) is 18.9 Å². The van der Waals surface area contributed by atoms with Crippen LogP contribution < -0.4 is 30.2 Å². The first-order valence-electron chi connectivity index (χ1n) is 12.3. The van der Waals surface area contributed by atoms with Crippen molar-refractivity contribution < 1.29 is 23.8 Å². The summed E-state index contributed by atoms with van der Waals surface area (Å²) in [7, 11) is 4.53. The van der Waals surface area contributed by atoms with Crippen molar-refractivity contribution in [1.82, 2.24) is 15.2 Å². The Kier molecular flexibility index (Phi) is 8.43. The summed E-state index contributed by atoms with van der Waals surface area (Å²) in [5.74, 6) is 0.480. The van der Waals surface area contributed by atoms with Crippen molar-refractivity contribution in [1.29, 1.82) is 5.26 Å². The summed E-state index contributed by atoms with van der Waals surface area (Å²) in [5.41, 5.74) is 8.53. The molecule has 0 spiro atoms. The molecule has 0 saturated heterocycles. The number of benzene rings is 1. The molecule has 3 aromatic rings. The average molecular weight is 612 g/mol. The van der Waals surface area contributed by atoms with E-state index in [0.29, 0.717) is 67.9 Å². The van der Waals surface area contributed by atoms with Crippen molar-refractivity contribution in [3.8, 4) is 23.3 Å². The number of thioether (sulfide) groups is 1. The second-order valence-electron chi connectivity index (χ2n) is 8.79. The first-order valence-corrected chi connectivity index (χ1v) is 15.0. The summed E-state index contributed by atoms with van der Waals surface area (Å²) in [4.78, 5) is 31.5. The van der Waals surface area contributed by atoms with E-state index < -0.39 is 5.92 Å². The van der Waals surface area contributed by atoms with Gasteiger partial charge in [0.1, 0.15) is 11.6 Å². The predicted octanol–water partition coefficient (Wildman–Crippen LogP) is 4.06. The number of ketones is 1. The maximum atomic E-state index is 13.5. The van der Waals surface area contributed by atoms with Crippen LogP contribution in [0.25, 0.3) is 0 Å². The van der Waals surface area contributed by atoms with Crippen molar-refractivity contribution in [3.05, 3.63) is 51.9 Å². The fourth-order valence-electron chi connectivity index (χ4n) is 4.81. The van der Waals surface area contributed by atoms with Crippen LogP contribution in [-0.2, 0) is 9.59 Å². The molecule has 1 atom stereocenters. The van der Waals surface area contributed by atoms with Crippen LogP contribution in [0, 0.1) is 11.3 Å². The van der Waals surface area contributed by atoms with E-state index in [1.165, 1.54) is 55.8 Å². The number of nitrogens with two attached hydrogens (primary N) is 1. The SMILES string of the molecule is COc1cc(OC)c(C2C(C#N)=C(N)N(c3nnc(SCC(=O)Nc4nccs4)s3)C3=C2C(=O)CCC3)cc1OC. The van der Waals surface area contributed by atoms with Gasteiger partial charge in [0.15, 0.2) is 26.8 Å². The lowest BCUT2D eigenvalue weighted by Crippen LogP contribution is -2.38. The van der Waals surface area contributed by atoms with E-state index in [1.807, 2.05) is 0 Å². The van der Waals surface area contributed by atoms with Gasteiger partial charge >= 0.3 is 0 Å². The number of rotatable bonds is 9. The Balaban J connectivity index is 1.52. The Bertz CT molecular complexity index is 1590. The minimum atomic E-state index is -0.773. The Labute approximate surface area is 247 Å². The topological polar surface area (TPSA) is 166 Å². The Morgan fingerprint density at radius 1 is 1.20 bits per heavy atom. The molecule has 0 bridgehead atoms. The number of nitriles is 1. The maximum absolute atomic E-state index is 13.5. The normalized spacial score (nSPS) is 16.8.